The van der Waals surface area contributed by atoms with Gasteiger partial charge in [-0.25, -0.2) is 0 Å². The van der Waals surface area contributed by atoms with E-state index in [9.17, 15) is 4.79 Å². The largest absolute Gasteiger partial charge is 0.379 e. The number of amides is 1. The van der Waals surface area contributed by atoms with E-state index >= 15 is 0 Å². The molecule has 2 aliphatic heterocycles. The first-order valence-corrected chi connectivity index (χ1v) is 9.01. The summed E-state index contributed by atoms with van der Waals surface area (Å²) in [5.41, 5.74) is 0. The van der Waals surface area contributed by atoms with Crippen LogP contribution in [0.25, 0.3) is 0 Å². The molecule has 0 unspecified atom stereocenters. The first-order valence-electron chi connectivity index (χ1n) is 9.01. The predicted octanol–water partition coefficient (Wildman–Crippen LogP) is 0.734. The first kappa shape index (κ1) is 16.7. The van der Waals surface area contributed by atoms with E-state index in [0.29, 0.717) is 18.6 Å². The van der Waals surface area contributed by atoms with Gasteiger partial charge in [0, 0.05) is 31.7 Å². The summed E-state index contributed by atoms with van der Waals surface area (Å²) in [4.78, 5) is 16.8. The Labute approximate surface area is 138 Å². The van der Waals surface area contributed by atoms with Gasteiger partial charge in [-0.2, -0.15) is 5.26 Å². The molecule has 0 spiro atoms. The van der Waals surface area contributed by atoms with Gasteiger partial charge in [-0.1, -0.05) is 0 Å². The Morgan fingerprint density at radius 2 is 1.87 bits per heavy atom. The minimum atomic E-state index is -0.0715. The monoisotopic (exact) mass is 320 g/mol. The van der Waals surface area contributed by atoms with Gasteiger partial charge in [0.2, 0.25) is 5.91 Å². The second kappa shape index (κ2) is 8.09. The number of rotatable bonds is 4. The summed E-state index contributed by atoms with van der Waals surface area (Å²) < 4.78 is 5.42. The van der Waals surface area contributed by atoms with E-state index in [1.54, 1.807) is 0 Å². The molecule has 23 heavy (non-hydrogen) atoms. The Morgan fingerprint density at radius 1 is 1.13 bits per heavy atom. The second-order valence-corrected chi connectivity index (χ2v) is 6.98. The van der Waals surface area contributed by atoms with Crippen molar-refractivity contribution in [3.05, 3.63) is 0 Å². The zero-order valence-electron chi connectivity index (χ0n) is 13.9. The lowest BCUT2D eigenvalue weighted by molar-refractivity contribution is -0.123. The number of carbonyl (C=O) groups excluding carboxylic acids is 1. The summed E-state index contributed by atoms with van der Waals surface area (Å²) in [7, 11) is 0. The van der Waals surface area contributed by atoms with E-state index in [1.807, 2.05) is 4.90 Å². The number of carbonyl (C=O) groups is 1. The van der Waals surface area contributed by atoms with Gasteiger partial charge in [0.25, 0.3) is 0 Å². The van der Waals surface area contributed by atoms with Crippen LogP contribution in [0, 0.1) is 11.3 Å². The topological polar surface area (TPSA) is 68.6 Å². The van der Waals surface area contributed by atoms with Crippen LogP contribution < -0.4 is 5.32 Å². The molecule has 128 valence electrons. The van der Waals surface area contributed by atoms with Gasteiger partial charge in [-0.3, -0.25) is 14.6 Å². The zero-order valence-corrected chi connectivity index (χ0v) is 13.9. The van der Waals surface area contributed by atoms with Crippen molar-refractivity contribution >= 4 is 5.91 Å². The summed E-state index contributed by atoms with van der Waals surface area (Å²) in [5.74, 6) is 0.0852. The van der Waals surface area contributed by atoms with E-state index in [-0.39, 0.29) is 11.9 Å². The van der Waals surface area contributed by atoms with Crippen LogP contribution in [0.15, 0.2) is 0 Å². The third kappa shape index (κ3) is 4.43. The molecule has 1 amide bonds. The van der Waals surface area contributed by atoms with Crippen LogP contribution in [0.3, 0.4) is 0 Å². The highest BCUT2D eigenvalue weighted by Gasteiger charge is 2.29. The smallest absolute Gasteiger partial charge is 0.234 e. The number of likely N-dealkylation sites (tertiary alicyclic amines) is 1. The number of nitriles is 1. The van der Waals surface area contributed by atoms with Gasteiger partial charge < -0.3 is 10.1 Å². The van der Waals surface area contributed by atoms with Gasteiger partial charge in [-0.15, -0.1) is 0 Å². The maximum Gasteiger partial charge on any atom is 0.234 e. The van der Waals surface area contributed by atoms with Crippen LogP contribution in [0.2, 0.25) is 0 Å². The van der Waals surface area contributed by atoms with E-state index in [2.05, 4.69) is 16.3 Å². The molecule has 2 heterocycles. The minimum Gasteiger partial charge on any atom is -0.379 e. The van der Waals surface area contributed by atoms with Crippen LogP contribution in [-0.4, -0.2) is 73.2 Å². The van der Waals surface area contributed by atoms with Gasteiger partial charge in [0.1, 0.15) is 0 Å². The highest BCUT2D eigenvalue weighted by atomic mass is 16.5. The number of hydrogen-bond acceptors (Lipinski definition) is 5. The molecule has 6 nitrogen and oxygen atoms in total. The van der Waals surface area contributed by atoms with Crippen molar-refractivity contribution in [2.45, 2.75) is 56.7 Å². The summed E-state index contributed by atoms with van der Waals surface area (Å²) in [5, 5.41) is 12.3. The third-order valence-electron chi connectivity index (χ3n) is 5.48. The Morgan fingerprint density at radius 3 is 2.57 bits per heavy atom. The summed E-state index contributed by atoms with van der Waals surface area (Å²) >= 11 is 0. The van der Waals surface area contributed by atoms with Gasteiger partial charge in [-0.05, 0) is 38.5 Å². The maximum absolute atomic E-state index is 12.2. The molecule has 1 saturated carbocycles. The van der Waals surface area contributed by atoms with Crippen LogP contribution >= 0.6 is 0 Å². The zero-order chi connectivity index (χ0) is 16.1. The fourth-order valence-electron chi connectivity index (χ4n) is 4.15. The van der Waals surface area contributed by atoms with Crippen molar-refractivity contribution in [2.75, 3.05) is 39.4 Å². The fraction of sp³-hybridized carbons (Fsp3) is 0.882. The van der Waals surface area contributed by atoms with E-state index in [1.165, 1.54) is 0 Å². The normalized spacial score (nSPS) is 33.3. The SMILES string of the molecule is N#C[C@@H]1CCCN1CC(=O)NC1CCC(N2CCOCC2)CC1. The van der Waals surface area contributed by atoms with Crippen molar-refractivity contribution in [3.8, 4) is 6.07 Å². The summed E-state index contributed by atoms with van der Waals surface area (Å²) in [6, 6.07) is 3.19. The molecule has 3 rings (SSSR count). The maximum atomic E-state index is 12.2. The van der Waals surface area contributed by atoms with E-state index in [4.69, 9.17) is 10.00 Å². The minimum absolute atomic E-state index is 0.0715. The quantitative estimate of drug-likeness (QED) is 0.827. The summed E-state index contributed by atoms with van der Waals surface area (Å²) in [6.07, 6.45) is 6.38. The van der Waals surface area contributed by atoms with Crippen LogP contribution in [-0.2, 0) is 9.53 Å². The molecular weight excluding hydrogens is 292 g/mol. The lowest BCUT2D eigenvalue weighted by Crippen LogP contribution is -2.49. The highest BCUT2D eigenvalue weighted by Crippen LogP contribution is 2.24. The molecule has 0 radical (unpaired) electrons. The highest BCUT2D eigenvalue weighted by molar-refractivity contribution is 5.78. The molecule has 1 N–H and O–H groups in total. The number of hydrogen-bond donors (Lipinski definition) is 1. The van der Waals surface area contributed by atoms with Crippen molar-refractivity contribution in [1.29, 1.82) is 5.26 Å². The van der Waals surface area contributed by atoms with Crippen LogP contribution in [0.4, 0.5) is 0 Å². The lowest BCUT2D eigenvalue weighted by atomic mass is 9.90. The lowest BCUT2D eigenvalue weighted by Gasteiger charge is -2.39. The molecule has 0 aromatic heterocycles. The molecular formula is C17H28N4O2. The molecule has 0 aromatic rings. The molecule has 6 heteroatoms. The number of ether oxygens (including phenoxy) is 1. The fourth-order valence-corrected chi connectivity index (χ4v) is 4.15. The Bertz CT molecular complexity index is 436. The van der Waals surface area contributed by atoms with Crippen molar-refractivity contribution < 1.29 is 9.53 Å². The molecule has 0 aromatic carbocycles. The first-order chi connectivity index (χ1) is 11.3. The predicted molar refractivity (Wildman–Crippen MR) is 86.8 cm³/mol. The van der Waals surface area contributed by atoms with Crippen LogP contribution in [0.1, 0.15) is 38.5 Å². The molecule has 1 atom stereocenters. The molecule has 1 aliphatic carbocycles. The van der Waals surface area contributed by atoms with Gasteiger partial charge in [0.05, 0.1) is 31.9 Å². The van der Waals surface area contributed by atoms with Crippen LogP contribution in [0.5, 0.6) is 0 Å². The Balaban J connectivity index is 1.38. The van der Waals surface area contributed by atoms with E-state index < -0.39 is 0 Å². The standard InChI is InChI=1S/C17H28N4O2/c18-12-16-2-1-7-21(16)13-17(22)19-14-3-5-15(6-4-14)20-8-10-23-11-9-20/h14-16H,1-11,13H2,(H,19,22)/t14?,15?,16-/m0/s1. The van der Waals surface area contributed by atoms with Crippen molar-refractivity contribution in [1.82, 2.24) is 15.1 Å². The Hall–Kier alpha value is -1.16. The second-order valence-electron chi connectivity index (χ2n) is 6.98. The molecule has 3 fully saturated rings. The molecule has 0 bridgehead atoms. The van der Waals surface area contributed by atoms with Gasteiger partial charge >= 0.3 is 0 Å². The van der Waals surface area contributed by atoms with Crippen molar-refractivity contribution in [3.63, 3.8) is 0 Å². The molecule has 3 aliphatic rings. The average molecular weight is 320 g/mol. The third-order valence-corrected chi connectivity index (χ3v) is 5.48. The Kier molecular flexibility index (Phi) is 5.87. The summed E-state index contributed by atoms with van der Waals surface area (Å²) in [6.45, 7) is 5.05. The average Bonchev–Trinajstić information content (AvgIpc) is 3.03. The van der Waals surface area contributed by atoms with Crippen molar-refractivity contribution in [2.24, 2.45) is 0 Å². The van der Waals surface area contributed by atoms with Gasteiger partial charge in [0.15, 0.2) is 0 Å². The number of nitrogens with zero attached hydrogens (tertiary/aromatic N) is 3. The molecule has 2 saturated heterocycles. The van der Waals surface area contributed by atoms with E-state index in [0.717, 1.165) is 71.4 Å². The number of nitrogens with one attached hydrogen (secondary N) is 1. The number of morpholine rings is 1.